The van der Waals surface area contributed by atoms with Crippen LogP contribution in [0.25, 0.3) is 0 Å². The fraction of sp³-hybridized carbons (Fsp3) is 0.500. The number of rotatable bonds is 5. The van der Waals surface area contributed by atoms with Crippen molar-refractivity contribution in [3.05, 3.63) is 35.4 Å². The van der Waals surface area contributed by atoms with Crippen molar-refractivity contribution in [2.45, 2.75) is 46.0 Å². The molecule has 1 aromatic carbocycles. The van der Waals surface area contributed by atoms with E-state index >= 15 is 0 Å². The molecular formula is C14H20O. The summed E-state index contributed by atoms with van der Waals surface area (Å²) in [7, 11) is 0. The lowest BCUT2D eigenvalue weighted by atomic mass is 9.91. The standard InChI is InChI=1S/C14H20O/c1-4-6-12(5-2)14-9-7-13(8-10-14)11(3)15/h7-10,12H,4-6H2,1-3H3. The third-order valence-corrected chi connectivity index (χ3v) is 2.92. The van der Waals surface area contributed by atoms with Crippen LogP contribution in [0, 0.1) is 0 Å². The highest BCUT2D eigenvalue weighted by atomic mass is 16.1. The van der Waals surface area contributed by atoms with E-state index in [0.29, 0.717) is 5.92 Å². The first-order chi connectivity index (χ1) is 7.19. The molecule has 0 aliphatic rings. The Bertz CT molecular complexity index is 311. The molecule has 0 N–H and O–H groups in total. The van der Waals surface area contributed by atoms with E-state index in [1.165, 1.54) is 24.8 Å². The number of ketones is 1. The molecular weight excluding hydrogens is 184 g/mol. The lowest BCUT2D eigenvalue weighted by Gasteiger charge is -2.14. The second-order valence-corrected chi connectivity index (χ2v) is 4.07. The lowest BCUT2D eigenvalue weighted by Crippen LogP contribution is -1.98. The summed E-state index contributed by atoms with van der Waals surface area (Å²) in [4.78, 5) is 11.1. The van der Waals surface area contributed by atoms with Gasteiger partial charge < -0.3 is 0 Å². The minimum Gasteiger partial charge on any atom is -0.295 e. The minimum absolute atomic E-state index is 0.144. The molecule has 0 heterocycles. The van der Waals surface area contributed by atoms with Crippen LogP contribution in [0.2, 0.25) is 0 Å². The molecule has 1 unspecified atom stereocenters. The smallest absolute Gasteiger partial charge is 0.159 e. The summed E-state index contributed by atoms with van der Waals surface area (Å²) in [5.41, 5.74) is 2.18. The van der Waals surface area contributed by atoms with Crippen LogP contribution >= 0.6 is 0 Å². The van der Waals surface area contributed by atoms with E-state index in [9.17, 15) is 4.79 Å². The second kappa shape index (κ2) is 5.69. The maximum absolute atomic E-state index is 11.1. The highest BCUT2D eigenvalue weighted by molar-refractivity contribution is 5.94. The molecule has 0 aliphatic carbocycles. The zero-order valence-corrected chi connectivity index (χ0v) is 9.92. The molecule has 1 atom stereocenters. The molecule has 0 saturated heterocycles. The Labute approximate surface area is 92.5 Å². The van der Waals surface area contributed by atoms with Gasteiger partial charge in [-0.05, 0) is 31.2 Å². The molecule has 1 heteroatoms. The Kier molecular flexibility index (Phi) is 4.54. The van der Waals surface area contributed by atoms with E-state index in [4.69, 9.17) is 0 Å². The van der Waals surface area contributed by atoms with Crippen LogP contribution in [-0.4, -0.2) is 5.78 Å². The third kappa shape index (κ3) is 3.19. The van der Waals surface area contributed by atoms with Crippen molar-refractivity contribution in [3.63, 3.8) is 0 Å². The van der Waals surface area contributed by atoms with Crippen molar-refractivity contribution in [2.24, 2.45) is 0 Å². The maximum Gasteiger partial charge on any atom is 0.159 e. The van der Waals surface area contributed by atoms with Crippen LogP contribution in [0.1, 0.15) is 61.9 Å². The largest absolute Gasteiger partial charge is 0.295 e. The lowest BCUT2D eigenvalue weighted by molar-refractivity contribution is 0.101. The molecule has 0 spiro atoms. The summed E-state index contributed by atoms with van der Waals surface area (Å²) in [6, 6.07) is 8.08. The van der Waals surface area contributed by atoms with Gasteiger partial charge in [0.25, 0.3) is 0 Å². The number of Topliss-reactive ketones (excluding diaryl/α,β-unsaturated/α-hetero) is 1. The normalized spacial score (nSPS) is 12.5. The quantitative estimate of drug-likeness (QED) is 0.657. The van der Waals surface area contributed by atoms with Gasteiger partial charge in [-0.3, -0.25) is 4.79 Å². The Morgan fingerprint density at radius 2 is 1.80 bits per heavy atom. The zero-order chi connectivity index (χ0) is 11.3. The van der Waals surface area contributed by atoms with Gasteiger partial charge in [0.15, 0.2) is 5.78 Å². The molecule has 1 rings (SSSR count). The Hall–Kier alpha value is -1.11. The molecule has 15 heavy (non-hydrogen) atoms. The van der Waals surface area contributed by atoms with Gasteiger partial charge in [0, 0.05) is 5.56 Å². The van der Waals surface area contributed by atoms with E-state index in [-0.39, 0.29) is 5.78 Å². The summed E-state index contributed by atoms with van der Waals surface area (Å²) >= 11 is 0. The van der Waals surface area contributed by atoms with Crippen molar-refractivity contribution in [1.29, 1.82) is 0 Å². The first kappa shape index (κ1) is 12.0. The van der Waals surface area contributed by atoms with Gasteiger partial charge >= 0.3 is 0 Å². The van der Waals surface area contributed by atoms with Crippen LogP contribution in [0.15, 0.2) is 24.3 Å². The predicted molar refractivity (Wildman–Crippen MR) is 64.4 cm³/mol. The Morgan fingerprint density at radius 3 is 2.20 bits per heavy atom. The molecule has 0 fully saturated rings. The topological polar surface area (TPSA) is 17.1 Å². The first-order valence-electron chi connectivity index (χ1n) is 5.79. The molecule has 0 bridgehead atoms. The minimum atomic E-state index is 0.144. The Morgan fingerprint density at radius 1 is 1.20 bits per heavy atom. The summed E-state index contributed by atoms with van der Waals surface area (Å²) in [6.45, 7) is 6.05. The molecule has 0 radical (unpaired) electrons. The van der Waals surface area contributed by atoms with Gasteiger partial charge in [-0.25, -0.2) is 0 Å². The molecule has 0 amide bonds. The highest BCUT2D eigenvalue weighted by Crippen LogP contribution is 2.24. The number of benzene rings is 1. The summed E-state index contributed by atoms with van der Waals surface area (Å²) in [5, 5.41) is 0. The van der Waals surface area contributed by atoms with E-state index in [0.717, 1.165) is 5.56 Å². The van der Waals surface area contributed by atoms with Crippen LogP contribution in [0.5, 0.6) is 0 Å². The summed E-state index contributed by atoms with van der Waals surface area (Å²) in [5.74, 6) is 0.793. The van der Waals surface area contributed by atoms with Crippen molar-refractivity contribution in [1.82, 2.24) is 0 Å². The van der Waals surface area contributed by atoms with Gasteiger partial charge in [-0.1, -0.05) is 44.5 Å². The number of hydrogen-bond donors (Lipinski definition) is 0. The van der Waals surface area contributed by atoms with Crippen LogP contribution in [0.4, 0.5) is 0 Å². The highest BCUT2D eigenvalue weighted by Gasteiger charge is 2.08. The monoisotopic (exact) mass is 204 g/mol. The van der Waals surface area contributed by atoms with Crippen LogP contribution in [-0.2, 0) is 0 Å². The van der Waals surface area contributed by atoms with E-state index in [1.807, 2.05) is 12.1 Å². The zero-order valence-electron chi connectivity index (χ0n) is 9.92. The van der Waals surface area contributed by atoms with Crippen molar-refractivity contribution in [3.8, 4) is 0 Å². The van der Waals surface area contributed by atoms with Crippen molar-refractivity contribution >= 4 is 5.78 Å². The SMILES string of the molecule is CCCC(CC)c1ccc(C(C)=O)cc1. The maximum atomic E-state index is 11.1. The molecule has 1 aromatic rings. The Balaban J connectivity index is 2.81. The molecule has 0 saturated carbocycles. The number of hydrogen-bond acceptors (Lipinski definition) is 1. The van der Waals surface area contributed by atoms with Crippen LogP contribution in [0.3, 0.4) is 0 Å². The fourth-order valence-electron chi connectivity index (χ4n) is 1.94. The van der Waals surface area contributed by atoms with Crippen LogP contribution < -0.4 is 0 Å². The van der Waals surface area contributed by atoms with Gasteiger partial charge in [-0.15, -0.1) is 0 Å². The number of carbonyl (C=O) groups is 1. The molecule has 82 valence electrons. The summed E-state index contributed by atoms with van der Waals surface area (Å²) < 4.78 is 0. The average Bonchev–Trinajstić information content (AvgIpc) is 2.26. The number of carbonyl (C=O) groups excluding carboxylic acids is 1. The fourth-order valence-corrected chi connectivity index (χ4v) is 1.94. The third-order valence-electron chi connectivity index (χ3n) is 2.92. The van der Waals surface area contributed by atoms with Gasteiger partial charge in [0.05, 0.1) is 0 Å². The predicted octanol–water partition coefficient (Wildman–Crippen LogP) is 4.18. The molecule has 1 nitrogen and oxygen atoms in total. The molecule has 0 aromatic heterocycles. The first-order valence-corrected chi connectivity index (χ1v) is 5.79. The van der Waals surface area contributed by atoms with Crippen molar-refractivity contribution in [2.75, 3.05) is 0 Å². The van der Waals surface area contributed by atoms with Gasteiger partial charge in [-0.2, -0.15) is 0 Å². The van der Waals surface area contributed by atoms with E-state index < -0.39 is 0 Å². The van der Waals surface area contributed by atoms with Gasteiger partial charge in [0.1, 0.15) is 0 Å². The van der Waals surface area contributed by atoms with E-state index in [1.54, 1.807) is 6.92 Å². The summed E-state index contributed by atoms with van der Waals surface area (Å²) in [6.07, 6.45) is 3.62. The second-order valence-electron chi connectivity index (χ2n) is 4.07. The van der Waals surface area contributed by atoms with Crippen molar-refractivity contribution < 1.29 is 4.79 Å². The van der Waals surface area contributed by atoms with Gasteiger partial charge in [0.2, 0.25) is 0 Å². The average molecular weight is 204 g/mol. The molecule has 0 aliphatic heterocycles. The van der Waals surface area contributed by atoms with E-state index in [2.05, 4.69) is 26.0 Å².